The van der Waals surface area contributed by atoms with Crippen LogP contribution in [0.5, 0.6) is 11.5 Å². The van der Waals surface area contributed by atoms with Crippen LogP contribution in [-0.4, -0.2) is 35.5 Å². The van der Waals surface area contributed by atoms with Gasteiger partial charge < -0.3 is 14.6 Å². The molecule has 0 saturated carbocycles. The van der Waals surface area contributed by atoms with Crippen LogP contribution in [0.2, 0.25) is 0 Å². The normalized spacial score (nSPS) is 11.2. The van der Waals surface area contributed by atoms with Gasteiger partial charge in [0.05, 0.1) is 6.20 Å². The Kier molecular flexibility index (Phi) is 3.88. The summed E-state index contributed by atoms with van der Waals surface area (Å²) >= 11 is 0. The Morgan fingerprint density at radius 2 is 2.10 bits per heavy atom. The van der Waals surface area contributed by atoms with E-state index in [1.165, 1.54) is 10.9 Å². The van der Waals surface area contributed by atoms with Crippen molar-refractivity contribution in [3.63, 3.8) is 0 Å². The zero-order chi connectivity index (χ0) is 14.7. The maximum Gasteiger partial charge on any atom is 0.145 e. The standard InChI is InChI=1S/C17H19N3O/c1-20(2)9-7-13-11-19-17-6-5-14(10-16(13)17)21-15-4-3-8-18-12-15/h3-6,8,10-12,19H,7,9H2,1-2H3. The first-order chi connectivity index (χ1) is 10.2. The molecular formula is C17H19N3O. The number of H-pyrrole nitrogens is 1. The first kappa shape index (κ1) is 13.6. The molecule has 2 heterocycles. The van der Waals surface area contributed by atoms with Crippen molar-refractivity contribution in [3.05, 3.63) is 54.5 Å². The van der Waals surface area contributed by atoms with E-state index in [9.17, 15) is 0 Å². The third-order valence-corrected chi connectivity index (χ3v) is 3.44. The number of aromatic amines is 1. The minimum absolute atomic E-state index is 0.752. The topological polar surface area (TPSA) is 41.2 Å². The Morgan fingerprint density at radius 3 is 2.86 bits per heavy atom. The number of hydrogen-bond acceptors (Lipinski definition) is 3. The zero-order valence-electron chi connectivity index (χ0n) is 12.3. The number of fused-ring (bicyclic) bond motifs is 1. The molecule has 0 atom stereocenters. The van der Waals surface area contributed by atoms with E-state index in [-0.39, 0.29) is 0 Å². The van der Waals surface area contributed by atoms with Gasteiger partial charge in [0, 0.05) is 29.8 Å². The largest absolute Gasteiger partial charge is 0.456 e. The van der Waals surface area contributed by atoms with Crippen LogP contribution in [-0.2, 0) is 6.42 Å². The van der Waals surface area contributed by atoms with Gasteiger partial charge in [-0.25, -0.2) is 0 Å². The van der Waals surface area contributed by atoms with Crippen LogP contribution < -0.4 is 4.74 Å². The Balaban J connectivity index is 1.86. The first-order valence-electron chi connectivity index (χ1n) is 7.05. The van der Waals surface area contributed by atoms with Crippen molar-refractivity contribution in [2.24, 2.45) is 0 Å². The van der Waals surface area contributed by atoms with Gasteiger partial charge in [0.15, 0.2) is 0 Å². The molecule has 21 heavy (non-hydrogen) atoms. The summed E-state index contributed by atoms with van der Waals surface area (Å²) < 4.78 is 5.85. The van der Waals surface area contributed by atoms with Crippen molar-refractivity contribution in [2.75, 3.05) is 20.6 Å². The minimum atomic E-state index is 0.752. The van der Waals surface area contributed by atoms with Crippen molar-refractivity contribution < 1.29 is 4.74 Å². The summed E-state index contributed by atoms with van der Waals surface area (Å²) in [7, 11) is 4.18. The number of hydrogen-bond donors (Lipinski definition) is 1. The molecule has 1 N–H and O–H groups in total. The fourth-order valence-electron chi connectivity index (χ4n) is 2.32. The lowest BCUT2D eigenvalue weighted by Gasteiger charge is -2.09. The molecule has 0 bridgehead atoms. The Bertz CT molecular complexity index is 719. The molecule has 0 aliphatic heterocycles. The number of nitrogens with zero attached hydrogens (tertiary/aromatic N) is 2. The molecule has 0 spiro atoms. The molecule has 0 saturated heterocycles. The van der Waals surface area contributed by atoms with Gasteiger partial charge in [0.25, 0.3) is 0 Å². The predicted octanol–water partition coefficient (Wildman–Crippen LogP) is 3.46. The molecule has 108 valence electrons. The predicted molar refractivity (Wildman–Crippen MR) is 84.9 cm³/mol. The Labute approximate surface area is 124 Å². The van der Waals surface area contributed by atoms with Crippen molar-refractivity contribution in [3.8, 4) is 11.5 Å². The summed E-state index contributed by atoms with van der Waals surface area (Å²) in [6.07, 6.45) is 6.56. The number of rotatable bonds is 5. The van der Waals surface area contributed by atoms with Crippen LogP contribution in [0.4, 0.5) is 0 Å². The molecule has 0 fully saturated rings. The second-order valence-electron chi connectivity index (χ2n) is 5.37. The lowest BCUT2D eigenvalue weighted by atomic mass is 10.1. The highest BCUT2D eigenvalue weighted by molar-refractivity contribution is 5.84. The molecular weight excluding hydrogens is 262 g/mol. The van der Waals surface area contributed by atoms with E-state index in [4.69, 9.17) is 4.74 Å². The number of aromatic nitrogens is 2. The fourth-order valence-corrected chi connectivity index (χ4v) is 2.32. The third kappa shape index (κ3) is 3.23. The number of benzene rings is 1. The molecule has 3 rings (SSSR count). The molecule has 3 aromatic rings. The maximum absolute atomic E-state index is 5.85. The van der Waals surface area contributed by atoms with E-state index < -0.39 is 0 Å². The van der Waals surface area contributed by atoms with Crippen molar-refractivity contribution in [1.82, 2.24) is 14.9 Å². The highest BCUT2D eigenvalue weighted by Crippen LogP contribution is 2.27. The van der Waals surface area contributed by atoms with E-state index in [2.05, 4.69) is 47.3 Å². The van der Waals surface area contributed by atoms with Gasteiger partial charge in [-0.3, -0.25) is 4.98 Å². The molecule has 2 aromatic heterocycles. The number of likely N-dealkylation sites (N-methyl/N-ethyl adjacent to an activating group) is 1. The SMILES string of the molecule is CN(C)CCc1c[nH]c2ccc(Oc3cccnc3)cc12. The van der Waals surface area contributed by atoms with Crippen LogP contribution in [0.25, 0.3) is 10.9 Å². The summed E-state index contributed by atoms with van der Waals surface area (Å²) in [5.41, 5.74) is 2.46. The van der Waals surface area contributed by atoms with Crippen LogP contribution >= 0.6 is 0 Å². The number of nitrogens with one attached hydrogen (secondary N) is 1. The number of ether oxygens (including phenoxy) is 1. The second kappa shape index (κ2) is 5.97. The van der Waals surface area contributed by atoms with Gasteiger partial charge in [-0.05, 0) is 56.4 Å². The van der Waals surface area contributed by atoms with E-state index in [1.54, 1.807) is 12.4 Å². The highest BCUT2D eigenvalue weighted by atomic mass is 16.5. The summed E-state index contributed by atoms with van der Waals surface area (Å²) in [5.74, 6) is 1.59. The number of pyridine rings is 1. The molecule has 4 nitrogen and oxygen atoms in total. The molecule has 0 unspecified atom stereocenters. The molecule has 0 radical (unpaired) electrons. The van der Waals surface area contributed by atoms with Gasteiger partial charge in [0.1, 0.15) is 11.5 Å². The molecule has 4 heteroatoms. The molecule has 0 aliphatic carbocycles. The highest BCUT2D eigenvalue weighted by Gasteiger charge is 2.06. The van der Waals surface area contributed by atoms with Gasteiger partial charge in [0.2, 0.25) is 0 Å². The first-order valence-corrected chi connectivity index (χ1v) is 7.05. The summed E-state index contributed by atoms with van der Waals surface area (Å²) in [4.78, 5) is 9.57. The second-order valence-corrected chi connectivity index (χ2v) is 5.37. The van der Waals surface area contributed by atoms with Crippen LogP contribution in [0.15, 0.2) is 48.9 Å². The maximum atomic E-state index is 5.85. The van der Waals surface area contributed by atoms with Crippen LogP contribution in [0.3, 0.4) is 0 Å². The monoisotopic (exact) mass is 281 g/mol. The quantitative estimate of drug-likeness (QED) is 0.778. The average Bonchev–Trinajstić information content (AvgIpc) is 2.88. The van der Waals surface area contributed by atoms with E-state index in [0.717, 1.165) is 30.0 Å². The van der Waals surface area contributed by atoms with Crippen molar-refractivity contribution >= 4 is 10.9 Å². The average molecular weight is 281 g/mol. The van der Waals surface area contributed by atoms with Crippen LogP contribution in [0.1, 0.15) is 5.56 Å². The molecule has 0 aliphatic rings. The van der Waals surface area contributed by atoms with Gasteiger partial charge >= 0.3 is 0 Å². The van der Waals surface area contributed by atoms with E-state index >= 15 is 0 Å². The summed E-state index contributed by atoms with van der Waals surface area (Å²) in [5, 5.41) is 1.22. The zero-order valence-corrected chi connectivity index (χ0v) is 12.3. The summed E-state index contributed by atoms with van der Waals surface area (Å²) in [6, 6.07) is 9.89. The van der Waals surface area contributed by atoms with Crippen molar-refractivity contribution in [2.45, 2.75) is 6.42 Å². The Morgan fingerprint density at radius 1 is 1.19 bits per heavy atom. The lowest BCUT2D eigenvalue weighted by Crippen LogP contribution is -2.14. The van der Waals surface area contributed by atoms with Gasteiger partial charge in [-0.1, -0.05) is 0 Å². The van der Waals surface area contributed by atoms with Crippen molar-refractivity contribution in [1.29, 1.82) is 0 Å². The molecule has 1 aromatic carbocycles. The smallest absolute Gasteiger partial charge is 0.145 e. The third-order valence-electron chi connectivity index (χ3n) is 3.44. The minimum Gasteiger partial charge on any atom is -0.456 e. The van der Waals surface area contributed by atoms with E-state index in [0.29, 0.717) is 0 Å². The Hall–Kier alpha value is -2.33. The molecule has 0 amide bonds. The van der Waals surface area contributed by atoms with E-state index in [1.807, 2.05) is 18.2 Å². The summed E-state index contributed by atoms with van der Waals surface area (Å²) in [6.45, 7) is 1.03. The van der Waals surface area contributed by atoms with Gasteiger partial charge in [-0.2, -0.15) is 0 Å². The fraction of sp³-hybridized carbons (Fsp3) is 0.235. The lowest BCUT2D eigenvalue weighted by molar-refractivity contribution is 0.414. The van der Waals surface area contributed by atoms with Crippen LogP contribution in [0, 0.1) is 0 Å². The van der Waals surface area contributed by atoms with Gasteiger partial charge in [-0.15, -0.1) is 0 Å².